The molecule has 3 aromatic rings. The van der Waals surface area contributed by atoms with E-state index in [0.717, 1.165) is 28.2 Å². The second kappa shape index (κ2) is 10.1. The summed E-state index contributed by atoms with van der Waals surface area (Å²) >= 11 is 0. The Morgan fingerprint density at radius 3 is 2.30 bits per heavy atom. The molecule has 1 aliphatic heterocycles. The Hall–Kier alpha value is -4.06. The van der Waals surface area contributed by atoms with Gasteiger partial charge in [0.2, 0.25) is 5.91 Å². The molecule has 1 heterocycles. The Morgan fingerprint density at radius 2 is 1.59 bits per heavy atom. The molecule has 6 heteroatoms. The largest absolute Gasteiger partial charge is 0.493 e. The normalized spacial score (nSPS) is 19.1. The summed E-state index contributed by atoms with van der Waals surface area (Å²) in [6.07, 6.45) is 1.06. The standard InChI is InChI=1S/C31H32N2O4/c1-19(2)31(35)33-25-13-9-8-12-23(25)32-24-16-22(20-10-6-5-7-11-20)17-26(34)29(24)30(33)21-14-15-27(36-3)28(18-21)37-4/h5-15,18-19,22,30,32H,16-17H2,1-4H3/t22-,30+/m1/s1. The average Bonchev–Trinajstić information content (AvgIpc) is 3.07. The van der Waals surface area contributed by atoms with Gasteiger partial charge in [-0.1, -0.05) is 62.4 Å². The van der Waals surface area contributed by atoms with E-state index in [9.17, 15) is 9.59 Å². The number of amides is 1. The summed E-state index contributed by atoms with van der Waals surface area (Å²) in [5.41, 5.74) is 4.98. The zero-order chi connectivity index (χ0) is 26.1. The number of rotatable bonds is 5. The lowest BCUT2D eigenvalue weighted by molar-refractivity contribution is -0.121. The van der Waals surface area contributed by atoms with Crippen molar-refractivity contribution in [1.82, 2.24) is 0 Å². The topological polar surface area (TPSA) is 67.9 Å². The molecule has 0 bridgehead atoms. The van der Waals surface area contributed by atoms with Gasteiger partial charge in [-0.05, 0) is 47.7 Å². The highest BCUT2D eigenvalue weighted by Gasteiger charge is 2.42. The van der Waals surface area contributed by atoms with Gasteiger partial charge < -0.3 is 14.8 Å². The fraction of sp³-hybridized carbons (Fsp3) is 0.290. The van der Waals surface area contributed by atoms with E-state index in [1.165, 1.54) is 0 Å². The van der Waals surface area contributed by atoms with Crippen LogP contribution in [0.3, 0.4) is 0 Å². The summed E-state index contributed by atoms with van der Waals surface area (Å²) in [6, 6.07) is 22.9. The predicted octanol–water partition coefficient (Wildman–Crippen LogP) is 6.26. The van der Waals surface area contributed by atoms with Gasteiger partial charge in [-0.2, -0.15) is 0 Å². The summed E-state index contributed by atoms with van der Waals surface area (Å²) in [5.74, 6) is 0.917. The highest BCUT2D eigenvalue weighted by Crippen LogP contribution is 2.48. The maximum absolute atomic E-state index is 14.0. The number of nitrogens with zero attached hydrogens (tertiary/aromatic N) is 1. The van der Waals surface area contributed by atoms with Gasteiger partial charge in [-0.15, -0.1) is 0 Å². The highest BCUT2D eigenvalue weighted by atomic mass is 16.5. The second-order valence-corrected chi connectivity index (χ2v) is 9.85. The minimum absolute atomic E-state index is 0.0387. The number of Topliss-reactive ketones (excluding diaryl/α,β-unsaturated/α-hetero) is 1. The van der Waals surface area contributed by atoms with Crippen LogP contribution in [-0.2, 0) is 9.59 Å². The SMILES string of the molecule is COc1ccc([C@H]2C3=C(C[C@@H](c4ccccc4)CC3=O)Nc3ccccc3N2C(=O)C(C)C)cc1OC. The first kappa shape index (κ1) is 24.6. The molecule has 0 fully saturated rings. The lowest BCUT2D eigenvalue weighted by atomic mass is 9.78. The number of fused-ring (bicyclic) bond motifs is 1. The van der Waals surface area contributed by atoms with E-state index < -0.39 is 6.04 Å². The summed E-state index contributed by atoms with van der Waals surface area (Å²) < 4.78 is 11.1. The molecule has 3 aromatic carbocycles. The molecule has 0 saturated heterocycles. The molecule has 5 rings (SSSR count). The first-order valence-corrected chi connectivity index (χ1v) is 12.6. The number of para-hydroxylation sites is 2. The first-order valence-electron chi connectivity index (χ1n) is 12.6. The average molecular weight is 497 g/mol. The third kappa shape index (κ3) is 4.48. The van der Waals surface area contributed by atoms with Crippen molar-refractivity contribution in [2.24, 2.45) is 5.92 Å². The zero-order valence-corrected chi connectivity index (χ0v) is 21.7. The van der Waals surface area contributed by atoms with Crippen molar-refractivity contribution in [2.75, 3.05) is 24.4 Å². The Balaban J connectivity index is 1.74. The molecule has 0 spiro atoms. The molecule has 0 radical (unpaired) electrons. The summed E-state index contributed by atoms with van der Waals surface area (Å²) in [6.45, 7) is 3.77. The number of hydrogen-bond acceptors (Lipinski definition) is 5. The Labute approximate surface area is 217 Å². The monoisotopic (exact) mass is 496 g/mol. The number of allylic oxidation sites excluding steroid dienone is 1. The summed E-state index contributed by atoms with van der Waals surface area (Å²) in [7, 11) is 3.18. The van der Waals surface area contributed by atoms with Crippen LogP contribution in [-0.4, -0.2) is 25.9 Å². The van der Waals surface area contributed by atoms with Crippen molar-refractivity contribution in [3.8, 4) is 11.5 Å². The number of methoxy groups -OCH3 is 2. The van der Waals surface area contributed by atoms with E-state index >= 15 is 0 Å². The van der Waals surface area contributed by atoms with Crippen LogP contribution in [0.4, 0.5) is 11.4 Å². The molecule has 6 nitrogen and oxygen atoms in total. The Kier molecular flexibility index (Phi) is 6.74. The number of anilines is 2. The molecule has 1 N–H and O–H groups in total. The van der Waals surface area contributed by atoms with Crippen LogP contribution in [0.2, 0.25) is 0 Å². The van der Waals surface area contributed by atoms with E-state index in [1.807, 2.05) is 74.5 Å². The van der Waals surface area contributed by atoms with Gasteiger partial charge in [-0.25, -0.2) is 0 Å². The van der Waals surface area contributed by atoms with Crippen LogP contribution < -0.4 is 19.7 Å². The molecule has 1 amide bonds. The molecule has 2 aliphatic rings. The molecule has 2 atom stereocenters. The van der Waals surface area contributed by atoms with Gasteiger partial charge in [0.1, 0.15) is 0 Å². The van der Waals surface area contributed by atoms with Gasteiger partial charge in [0, 0.05) is 23.6 Å². The quantitative estimate of drug-likeness (QED) is 0.452. The van der Waals surface area contributed by atoms with Crippen LogP contribution in [0.5, 0.6) is 11.5 Å². The minimum Gasteiger partial charge on any atom is -0.493 e. The molecule has 0 unspecified atom stereocenters. The van der Waals surface area contributed by atoms with Gasteiger partial charge in [0.15, 0.2) is 17.3 Å². The van der Waals surface area contributed by atoms with Crippen molar-refractivity contribution >= 4 is 23.1 Å². The lowest BCUT2D eigenvalue weighted by Crippen LogP contribution is -2.40. The van der Waals surface area contributed by atoms with Crippen LogP contribution in [0.15, 0.2) is 84.1 Å². The van der Waals surface area contributed by atoms with Crippen LogP contribution in [0.1, 0.15) is 49.8 Å². The summed E-state index contributed by atoms with van der Waals surface area (Å²) in [4.78, 5) is 29.7. The molecule has 0 aromatic heterocycles. The lowest BCUT2D eigenvalue weighted by Gasteiger charge is -2.36. The third-order valence-corrected chi connectivity index (χ3v) is 7.21. The van der Waals surface area contributed by atoms with Crippen LogP contribution >= 0.6 is 0 Å². The molecule has 37 heavy (non-hydrogen) atoms. The number of benzene rings is 3. The maximum atomic E-state index is 14.0. The van der Waals surface area contributed by atoms with E-state index in [1.54, 1.807) is 19.1 Å². The fourth-order valence-corrected chi connectivity index (χ4v) is 5.41. The Bertz CT molecular complexity index is 1360. The van der Waals surface area contributed by atoms with Crippen molar-refractivity contribution in [3.05, 3.63) is 95.2 Å². The van der Waals surface area contributed by atoms with E-state index in [4.69, 9.17) is 9.47 Å². The fourth-order valence-electron chi connectivity index (χ4n) is 5.41. The number of ether oxygens (including phenoxy) is 2. The maximum Gasteiger partial charge on any atom is 0.230 e. The predicted molar refractivity (Wildman–Crippen MR) is 145 cm³/mol. The number of hydrogen-bond donors (Lipinski definition) is 1. The third-order valence-electron chi connectivity index (χ3n) is 7.21. The molecular formula is C31H32N2O4. The van der Waals surface area contributed by atoms with E-state index in [-0.39, 0.29) is 23.5 Å². The van der Waals surface area contributed by atoms with Crippen molar-refractivity contribution in [3.63, 3.8) is 0 Å². The van der Waals surface area contributed by atoms with E-state index in [2.05, 4.69) is 17.4 Å². The van der Waals surface area contributed by atoms with Crippen molar-refractivity contribution < 1.29 is 19.1 Å². The number of carbonyl (C=O) groups excluding carboxylic acids is 2. The minimum atomic E-state index is -0.606. The van der Waals surface area contributed by atoms with Gasteiger partial charge in [-0.3, -0.25) is 14.5 Å². The molecular weight excluding hydrogens is 464 g/mol. The highest BCUT2D eigenvalue weighted by molar-refractivity contribution is 6.06. The van der Waals surface area contributed by atoms with Gasteiger partial charge in [0.25, 0.3) is 0 Å². The van der Waals surface area contributed by atoms with Crippen LogP contribution in [0, 0.1) is 5.92 Å². The number of carbonyl (C=O) groups is 2. The van der Waals surface area contributed by atoms with Crippen LogP contribution in [0.25, 0.3) is 0 Å². The van der Waals surface area contributed by atoms with E-state index in [0.29, 0.717) is 29.9 Å². The molecule has 0 saturated carbocycles. The molecule has 190 valence electrons. The zero-order valence-electron chi connectivity index (χ0n) is 21.7. The first-order chi connectivity index (χ1) is 17.9. The van der Waals surface area contributed by atoms with Crippen molar-refractivity contribution in [1.29, 1.82) is 0 Å². The second-order valence-electron chi connectivity index (χ2n) is 9.85. The summed E-state index contributed by atoms with van der Waals surface area (Å²) in [5, 5.41) is 3.58. The van der Waals surface area contributed by atoms with Gasteiger partial charge >= 0.3 is 0 Å². The number of ketones is 1. The van der Waals surface area contributed by atoms with Crippen molar-refractivity contribution in [2.45, 2.75) is 38.6 Å². The molecule has 1 aliphatic carbocycles. The smallest absolute Gasteiger partial charge is 0.230 e. The number of nitrogens with one attached hydrogen (secondary N) is 1. The van der Waals surface area contributed by atoms with Gasteiger partial charge in [0.05, 0.1) is 31.6 Å². The Morgan fingerprint density at radius 1 is 0.892 bits per heavy atom.